The number of hydrogen-bond acceptors (Lipinski definition) is 5. The smallest absolute Gasteiger partial charge is 0.315 e. The molecule has 1 fully saturated rings. The average molecular weight is 441 g/mol. The van der Waals surface area contributed by atoms with Gasteiger partial charge in [0, 0.05) is 36.4 Å². The number of nitrogens with one attached hydrogen (secondary N) is 3. The highest BCUT2D eigenvalue weighted by Gasteiger charge is 2.23. The van der Waals surface area contributed by atoms with Gasteiger partial charge < -0.3 is 25.4 Å². The van der Waals surface area contributed by atoms with Crippen LogP contribution in [0.15, 0.2) is 48.5 Å². The van der Waals surface area contributed by atoms with E-state index < -0.39 is 0 Å². The Hall–Kier alpha value is -3.26. The minimum absolute atomic E-state index is 0.0254. The third kappa shape index (κ3) is 6.62. The minimum atomic E-state index is -0.224. The summed E-state index contributed by atoms with van der Waals surface area (Å²) in [6, 6.07) is 14.6. The van der Waals surface area contributed by atoms with Crippen molar-refractivity contribution >= 4 is 17.6 Å². The van der Waals surface area contributed by atoms with E-state index >= 15 is 0 Å². The lowest BCUT2D eigenvalue weighted by atomic mass is 10.0. The minimum Gasteiger partial charge on any atom is -0.497 e. The molecule has 172 valence electrons. The number of hydrogen-bond donors (Lipinski definition) is 3. The first kappa shape index (κ1) is 23.4. The summed E-state index contributed by atoms with van der Waals surface area (Å²) in [5, 5.41) is 8.94. The van der Waals surface area contributed by atoms with Gasteiger partial charge in [-0.1, -0.05) is 18.2 Å². The molecule has 1 heterocycles. The first-order valence-corrected chi connectivity index (χ1v) is 10.8. The number of carbonyl (C=O) groups excluding carboxylic acids is 2. The third-order valence-corrected chi connectivity index (χ3v) is 5.60. The van der Waals surface area contributed by atoms with E-state index in [1.54, 1.807) is 20.3 Å². The molecule has 3 rings (SSSR count). The van der Waals surface area contributed by atoms with Crippen LogP contribution < -0.4 is 25.4 Å². The van der Waals surface area contributed by atoms with Crippen molar-refractivity contribution in [3.63, 3.8) is 0 Å². The lowest BCUT2D eigenvalue weighted by molar-refractivity contribution is -0.117. The Morgan fingerprint density at radius 3 is 2.44 bits per heavy atom. The van der Waals surface area contributed by atoms with Crippen LogP contribution in [0.5, 0.6) is 11.5 Å². The summed E-state index contributed by atoms with van der Waals surface area (Å²) in [6.45, 7) is 3.78. The number of urea groups is 1. The van der Waals surface area contributed by atoms with Crippen LogP contribution in [0.2, 0.25) is 0 Å². The van der Waals surface area contributed by atoms with Gasteiger partial charge in [-0.15, -0.1) is 0 Å². The fourth-order valence-electron chi connectivity index (χ4n) is 3.84. The van der Waals surface area contributed by atoms with E-state index in [-0.39, 0.29) is 24.0 Å². The van der Waals surface area contributed by atoms with Crippen LogP contribution in [0.1, 0.15) is 31.4 Å². The Morgan fingerprint density at radius 1 is 1.06 bits per heavy atom. The first-order valence-electron chi connectivity index (χ1n) is 10.8. The second-order valence-corrected chi connectivity index (χ2v) is 7.91. The highest BCUT2D eigenvalue weighted by atomic mass is 16.5. The Balaban J connectivity index is 1.42. The maximum Gasteiger partial charge on any atom is 0.315 e. The molecule has 2 aromatic rings. The number of carbonyl (C=O) groups is 2. The lowest BCUT2D eigenvalue weighted by Gasteiger charge is -2.32. The molecule has 0 radical (unpaired) electrons. The molecule has 1 saturated heterocycles. The molecular weight excluding hydrogens is 408 g/mol. The molecule has 0 saturated carbocycles. The van der Waals surface area contributed by atoms with Gasteiger partial charge >= 0.3 is 6.03 Å². The second-order valence-electron chi connectivity index (χ2n) is 7.91. The Bertz CT molecular complexity index is 898. The van der Waals surface area contributed by atoms with Crippen LogP contribution in [-0.4, -0.2) is 56.7 Å². The molecule has 1 unspecified atom stereocenters. The number of methoxy groups -OCH3 is 2. The number of nitrogens with zero attached hydrogens (tertiary/aromatic N) is 1. The van der Waals surface area contributed by atoms with Gasteiger partial charge in [0.05, 0.1) is 26.8 Å². The molecule has 1 aliphatic heterocycles. The van der Waals surface area contributed by atoms with Crippen molar-refractivity contribution in [3.05, 3.63) is 54.1 Å². The Kier molecular flexibility index (Phi) is 8.33. The molecule has 0 spiro atoms. The van der Waals surface area contributed by atoms with Crippen LogP contribution in [0, 0.1) is 0 Å². The third-order valence-electron chi connectivity index (χ3n) is 5.60. The first-order chi connectivity index (χ1) is 15.5. The number of likely N-dealkylation sites (tertiary alicyclic amines) is 1. The summed E-state index contributed by atoms with van der Waals surface area (Å²) in [4.78, 5) is 26.9. The molecule has 0 bridgehead atoms. The Morgan fingerprint density at radius 2 is 1.78 bits per heavy atom. The highest BCUT2D eigenvalue weighted by Crippen LogP contribution is 2.29. The lowest BCUT2D eigenvalue weighted by Crippen LogP contribution is -2.49. The number of anilines is 1. The molecular formula is C24H32N4O4. The number of amides is 3. The van der Waals surface area contributed by atoms with E-state index in [9.17, 15) is 9.59 Å². The number of rotatable bonds is 8. The Labute approximate surface area is 189 Å². The monoisotopic (exact) mass is 440 g/mol. The van der Waals surface area contributed by atoms with Crippen LogP contribution in [-0.2, 0) is 4.79 Å². The quantitative estimate of drug-likeness (QED) is 0.587. The molecule has 8 heteroatoms. The van der Waals surface area contributed by atoms with Crippen molar-refractivity contribution in [2.24, 2.45) is 0 Å². The molecule has 1 atom stereocenters. The van der Waals surface area contributed by atoms with Crippen LogP contribution in [0.4, 0.5) is 10.5 Å². The van der Waals surface area contributed by atoms with Crippen LogP contribution >= 0.6 is 0 Å². The summed E-state index contributed by atoms with van der Waals surface area (Å²) in [5.74, 6) is 1.34. The topological polar surface area (TPSA) is 91.9 Å². The van der Waals surface area contributed by atoms with Gasteiger partial charge in [0.1, 0.15) is 11.5 Å². The normalized spacial score (nSPS) is 15.5. The van der Waals surface area contributed by atoms with E-state index in [4.69, 9.17) is 9.47 Å². The zero-order valence-corrected chi connectivity index (χ0v) is 18.9. The SMILES string of the molecule is COc1ccc(C(C)NC(=O)NC2CCN(CC(=O)Nc3ccccc3)CC2)c(OC)c1. The van der Waals surface area contributed by atoms with Crippen LogP contribution in [0.25, 0.3) is 0 Å². The molecule has 3 N–H and O–H groups in total. The van der Waals surface area contributed by atoms with Gasteiger partial charge in [-0.2, -0.15) is 0 Å². The number of para-hydroxylation sites is 1. The molecule has 8 nitrogen and oxygen atoms in total. The molecule has 3 amide bonds. The molecule has 32 heavy (non-hydrogen) atoms. The van der Waals surface area contributed by atoms with E-state index in [0.717, 1.165) is 37.2 Å². The van der Waals surface area contributed by atoms with Crippen molar-refractivity contribution in [3.8, 4) is 11.5 Å². The van der Waals surface area contributed by atoms with Gasteiger partial charge in [-0.3, -0.25) is 9.69 Å². The van der Waals surface area contributed by atoms with E-state index in [0.29, 0.717) is 18.0 Å². The number of piperidine rings is 1. The maximum atomic E-state index is 12.5. The predicted molar refractivity (Wildman–Crippen MR) is 124 cm³/mol. The largest absolute Gasteiger partial charge is 0.497 e. The molecule has 0 aliphatic carbocycles. The molecule has 2 aromatic carbocycles. The second kappa shape index (κ2) is 11.4. The average Bonchev–Trinajstić information content (AvgIpc) is 2.80. The van der Waals surface area contributed by atoms with Crippen molar-refractivity contribution in [2.45, 2.75) is 31.8 Å². The summed E-state index contributed by atoms with van der Waals surface area (Å²) >= 11 is 0. The predicted octanol–water partition coefficient (Wildman–Crippen LogP) is 3.17. The zero-order valence-electron chi connectivity index (χ0n) is 18.9. The van der Waals surface area contributed by atoms with Gasteiger partial charge in [-0.05, 0) is 44.0 Å². The van der Waals surface area contributed by atoms with E-state index in [1.165, 1.54) is 0 Å². The van der Waals surface area contributed by atoms with Crippen molar-refractivity contribution < 1.29 is 19.1 Å². The van der Waals surface area contributed by atoms with Crippen molar-refractivity contribution in [2.75, 3.05) is 39.2 Å². The molecule has 0 aromatic heterocycles. The van der Waals surface area contributed by atoms with Gasteiger partial charge in [0.25, 0.3) is 0 Å². The van der Waals surface area contributed by atoms with E-state index in [2.05, 4.69) is 20.9 Å². The number of benzene rings is 2. The van der Waals surface area contributed by atoms with Gasteiger partial charge in [0.15, 0.2) is 0 Å². The maximum absolute atomic E-state index is 12.5. The fraction of sp³-hybridized carbons (Fsp3) is 0.417. The summed E-state index contributed by atoms with van der Waals surface area (Å²) in [6.07, 6.45) is 1.60. The highest BCUT2D eigenvalue weighted by molar-refractivity contribution is 5.92. The fourth-order valence-corrected chi connectivity index (χ4v) is 3.84. The summed E-state index contributed by atoms with van der Waals surface area (Å²) in [5.41, 5.74) is 1.68. The van der Waals surface area contributed by atoms with Gasteiger partial charge in [0.2, 0.25) is 5.91 Å². The van der Waals surface area contributed by atoms with Crippen LogP contribution in [0.3, 0.4) is 0 Å². The number of ether oxygens (including phenoxy) is 2. The zero-order chi connectivity index (χ0) is 22.9. The summed E-state index contributed by atoms with van der Waals surface area (Å²) < 4.78 is 10.7. The van der Waals surface area contributed by atoms with Gasteiger partial charge in [-0.25, -0.2) is 4.79 Å². The van der Waals surface area contributed by atoms with Crippen molar-refractivity contribution in [1.82, 2.24) is 15.5 Å². The van der Waals surface area contributed by atoms with E-state index in [1.807, 2.05) is 49.4 Å². The van der Waals surface area contributed by atoms with Crippen molar-refractivity contribution in [1.29, 1.82) is 0 Å². The summed E-state index contributed by atoms with van der Waals surface area (Å²) in [7, 11) is 3.20. The molecule has 1 aliphatic rings. The standard InChI is InChI=1S/C24H32N4O4/c1-17(21-10-9-20(31-2)15-22(21)32-3)25-24(30)27-19-11-13-28(14-12-19)16-23(29)26-18-7-5-4-6-8-18/h4-10,15,17,19H,11-14,16H2,1-3H3,(H,26,29)(H2,25,27,30).